The van der Waals surface area contributed by atoms with Gasteiger partial charge in [0, 0.05) is 18.8 Å². The monoisotopic (exact) mass is 346 g/mol. The van der Waals surface area contributed by atoms with Gasteiger partial charge in [-0.25, -0.2) is 9.18 Å². The highest BCUT2D eigenvalue weighted by atomic mass is 19.1. The van der Waals surface area contributed by atoms with Gasteiger partial charge in [0.05, 0.1) is 13.2 Å². The minimum atomic E-state index is -0.409. The van der Waals surface area contributed by atoms with Gasteiger partial charge >= 0.3 is 6.03 Å². The largest absolute Gasteiger partial charge is 0.494 e. The molecule has 2 rings (SSSR count). The lowest BCUT2D eigenvalue weighted by Gasteiger charge is -2.23. The Balaban J connectivity index is 2.10. The number of halogens is 1. The van der Waals surface area contributed by atoms with Crippen molar-refractivity contribution in [2.24, 2.45) is 0 Å². The summed E-state index contributed by atoms with van der Waals surface area (Å²) in [6.45, 7) is 4.52. The van der Waals surface area contributed by atoms with Crippen LogP contribution in [0.4, 0.5) is 14.9 Å². The summed E-state index contributed by atoms with van der Waals surface area (Å²) in [5.74, 6) is 0.318. The SMILES string of the molecule is CCOc1cccc(CN(CCO)C(=O)Nc2cc(C)cc(F)c2)c1. The van der Waals surface area contributed by atoms with Crippen LogP contribution in [0.15, 0.2) is 42.5 Å². The van der Waals surface area contributed by atoms with Crippen LogP contribution in [0.1, 0.15) is 18.1 Å². The molecule has 25 heavy (non-hydrogen) atoms. The molecule has 0 heterocycles. The van der Waals surface area contributed by atoms with Gasteiger partial charge in [-0.3, -0.25) is 0 Å². The Morgan fingerprint density at radius 2 is 2.08 bits per heavy atom. The second-order valence-electron chi connectivity index (χ2n) is 5.67. The fourth-order valence-electron chi connectivity index (χ4n) is 2.50. The van der Waals surface area contributed by atoms with Crippen LogP contribution in [-0.2, 0) is 6.54 Å². The molecule has 0 unspecified atom stereocenters. The molecule has 0 aromatic heterocycles. The van der Waals surface area contributed by atoms with Crippen molar-refractivity contribution in [2.45, 2.75) is 20.4 Å². The second kappa shape index (κ2) is 9.03. The molecular formula is C19H23FN2O3. The zero-order valence-corrected chi connectivity index (χ0v) is 14.5. The second-order valence-corrected chi connectivity index (χ2v) is 5.67. The van der Waals surface area contributed by atoms with E-state index in [1.54, 1.807) is 13.0 Å². The van der Waals surface area contributed by atoms with E-state index in [9.17, 15) is 14.3 Å². The Kier molecular flexibility index (Phi) is 6.77. The van der Waals surface area contributed by atoms with E-state index in [2.05, 4.69) is 5.32 Å². The molecular weight excluding hydrogens is 323 g/mol. The van der Waals surface area contributed by atoms with E-state index in [1.165, 1.54) is 17.0 Å². The van der Waals surface area contributed by atoms with Gasteiger partial charge in [0.15, 0.2) is 0 Å². The first-order valence-corrected chi connectivity index (χ1v) is 8.17. The van der Waals surface area contributed by atoms with Gasteiger partial charge in [-0.15, -0.1) is 0 Å². The summed E-state index contributed by atoms with van der Waals surface area (Å²) in [6, 6.07) is 11.4. The molecule has 0 fully saturated rings. The van der Waals surface area contributed by atoms with E-state index in [4.69, 9.17) is 4.74 Å². The molecule has 0 spiro atoms. The van der Waals surface area contributed by atoms with Gasteiger partial charge in [-0.2, -0.15) is 0 Å². The van der Waals surface area contributed by atoms with Crippen molar-refractivity contribution in [3.8, 4) is 5.75 Å². The number of nitrogens with one attached hydrogen (secondary N) is 1. The molecule has 0 aliphatic rings. The van der Waals surface area contributed by atoms with E-state index in [1.807, 2.05) is 31.2 Å². The number of aliphatic hydroxyl groups excluding tert-OH is 1. The molecule has 5 nitrogen and oxygen atoms in total. The Morgan fingerprint density at radius 1 is 1.28 bits per heavy atom. The third-order valence-corrected chi connectivity index (χ3v) is 3.53. The number of aliphatic hydroxyl groups is 1. The number of nitrogens with zero attached hydrogens (tertiary/aromatic N) is 1. The minimum absolute atomic E-state index is 0.166. The van der Waals surface area contributed by atoms with Crippen LogP contribution in [0.25, 0.3) is 0 Å². The first kappa shape index (κ1) is 18.7. The Bertz CT molecular complexity index is 701. The molecule has 6 heteroatoms. The van der Waals surface area contributed by atoms with Crippen molar-refractivity contribution in [3.05, 3.63) is 59.4 Å². The number of carbonyl (C=O) groups excluding carboxylic acids is 1. The third kappa shape index (κ3) is 5.76. The number of ether oxygens (including phenoxy) is 1. The zero-order chi connectivity index (χ0) is 18.2. The fourth-order valence-corrected chi connectivity index (χ4v) is 2.50. The molecule has 0 bridgehead atoms. The van der Waals surface area contributed by atoms with Crippen molar-refractivity contribution in [1.82, 2.24) is 4.90 Å². The van der Waals surface area contributed by atoms with Gasteiger partial charge in [0.2, 0.25) is 0 Å². The molecule has 0 saturated carbocycles. The van der Waals surface area contributed by atoms with E-state index in [0.717, 1.165) is 11.3 Å². The van der Waals surface area contributed by atoms with Crippen molar-refractivity contribution in [3.63, 3.8) is 0 Å². The molecule has 2 N–H and O–H groups in total. The number of anilines is 1. The fraction of sp³-hybridized carbons (Fsp3) is 0.316. The van der Waals surface area contributed by atoms with E-state index in [0.29, 0.717) is 24.4 Å². The molecule has 0 aliphatic carbocycles. The highest BCUT2D eigenvalue weighted by Gasteiger charge is 2.14. The molecule has 0 saturated heterocycles. The third-order valence-electron chi connectivity index (χ3n) is 3.53. The average molecular weight is 346 g/mol. The van der Waals surface area contributed by atoms with Crippen LogP contribution in [0, 0.1) is 12.7 Å². The van der Waals surface area contributed by atoms with Gasteiger partial charge in [0.1, 0.15) is 11.6 Å². The first-order valence-electron chi connectivity index (χ1n) is 8.17. The summed E-state index contributed by atoms with van der Waals surface area (Å²) in [4.78, 5) is 14.0. The lowest BCUT2D eigenvalue weighted by molar-refractivity contribution is 0.185. The number of benzene rings is 2. The Morgan fingerprint density at radius 3 is 2.76 bits per heavy atom. The number of hydrogen-bond donors (Lipinski definition) is 2. The van der Waals surface area contributed by atoms with Crippen molar-refractivity contribution in [2.75, 3.05) is 25.1 Å². The molecule has 0 atom stereocenters. The van der Waals surface area contributed by atoms with Crippen LogP contribution in [0.2, 0.25) is 0 Å². The zero-order valence-electron chi connectivity index (χ0n) is 14.5. The number of carbonyl (C=O) groups is 1. The first-order chi connectivity index (χ1) is 12.0. The maximum atomic E-state index is 13.5. The van der Waals surface area contributed by atoms with Gasteiger partial charge < -0.3 is 20.1 Å². The number of aryl methyl sites for hydroxylation is 1. The number of amides is 2. The predicted molar refractivity (Wildman–Crippen MR) is 95.3 cm³/mol. The van der Waals surface area contributed by atoms with Crippen molar-refractivity contribution < 1.29 is 19.0 Å². The molecule has 0 radical (unpaired) electrons. The quantitative estimate of drug-likeness (QED) is 0.806. The minimum Gasteiger partial charge on any atom is -0.494 e. The van der Waals surface area contributed by atoms with Crippen molar-refractivity contribution >= 4 is 11.7 Å². The van der Waals surface area contributed by atoms with E-state index in [-0.39, 0.29) is 13.2 Å². The van der Waals surface area contributed by atoms with Crippen LogP contribution in [-0.4, -0.2) is 35.8 Å². The van der Waals surface area contributed by atoms with Crippen LogP contribution in [0.3, 0.4) is 0 Å². The van der Waals surface area contributed by atoms with Gasteiger partial charge in [-0.05, 0) is 55.3 Å². The van der Waals surface area contributed by atoms with Gasteiger partial charge in [0.25, 0.3) is 0 Å². The van der Waals surface area contributed by atoms with Crippen LogP contribution >= 0.6 is 0 Å². The maximum Gasteiger partial charge on any atom is 0.322 e. The highest BCUT2D eigenvalue weighted by Crippen LogP contribution is 2.17. The van der Waals surface area contributed by atoms with Crippen molar-refractivity contribution in [1.29, 1.82) is 0 Å². The number of rotatable bonds is 7. The molecule has 2 amide bonds. The predicted octanol–water partition coefficient (Wildman–Crippen LogP) is 3.56. The van der Waals surface area contributed by atoms with Gasteiger partial charge in [-0.1, -0.05) is 12.1 Å². The normalized spacial score (nSPS) is 10.4. The number of urea groups is 1. The molecule has 2 aromatic carbocycles. The van der Waals surface area contributed by atoms with Crippen LogP contribution < -0.4 is 10.1 Å². The molecule has 0 aliphatic heterocycles. The summed E-state index contributed by atoms with van der Waals surface area (Å²) in [7, 11) is 0. The standard InChI is InChI=1S/C19H23FN2O3/c1-3-25-18-6-4-5-15(11-18)13-22(7-8-23)19(24)21-17-10-14(2)9-16(20)12-17/h4-6,9-12,23H,3,7-8,13H2,1-2H3,(H,21,24). The summed E-state index contributed by atoms with van der Waals surface area (Å²) in [5.41, 5.74) is 1.98. The summed E-state index contributed by atoms with van der Waals surface area (Å²) in [5, 5.41) is 11.9. The van der Waals surface area contributed by atoms with E-state index < -0.39 is 11.8 Å². The molecule has 134 valence electrons. The maximum absolute atomic E-state index is 13.5. The smallest absolute Gasteiger partial charge is 0.322 e. The lowest BCUT2D eigenvalue weighted by Crippen LogP contribution is -2.36. The molecule has 2 aromatic rings. The lowest BCUT2D eigenvalue weighted by atomic mass is 10.2. The Labute approximate surface area is 147 Å². The van der Waals surface area contributed by atoms with E-state index >= 15 is 0 Å². The number of hydrogen-bond acceptors (Lipinski definition) is 3. The average Bonchev–Trinajstić information content (AvgIpc) is 2.54. The summed E-state index contributed by atoms with van der Waals surface area (Å²) < 4.78 is 18.9. The summed E-state index contributed by atoms with van der Waals surface area (Å²) in [6.07, 6.45) is 0. The topological polar surface area (TPSA) is 61.8 Å². The highest BCUT2D eigenvalue weighted by molar-refractivity contribution is 5.89. The Hall–Kier alpha value is -2.60. The summed E-state index contributed by atoms with van der Waals surface area (Å²) >= 11 is 0. The van der Waals surface area contributed by atoms with Crippen LogP contribution in [0.5, 0.6) is 5.75 Å².